The molecule has 2 N–H and O–H groups in total. The van der Waals surface area contributed by atoms with E-state index in [1.165, 1.54) is 11.3 Å². The molecule has 0 saturated carbocycles. The van der Waals surface area contributed by atoms with Crippen molar-refractivity contribution in [2.75, 3.05) is 13.2 Å². The van der Waals surface area contributed by atoms with Crippen molar-refractivity contribution < 1.29 is 4.74 Å². The fraction of sp³-hybridized carbons (Fsp3) is 0.438. The molecule has 1 unspecified atom stereocenters. The first-order valence-corrected chi connectivity index (χ1v) is 7.10. The Bertz CT molecular complexity index is 593. The lowest BCUT2D eigenvalue weighted by Crippen LogP contribution is -2.41. The van der Waals surface area contributed by atoms with E-state index in [-0.39, 0.29) is 5.41 Å². The third kappa shape index (κ3) is 2.43. The van der Waals surface area contributed by atoms with Crippen molar-refractivity contribution in [3.63, 3.8) is 0 Å². The number of aromatic nitrogens is 2. The molecule has 20 heavy (non-hydrogen) atoms. The number of rotatable bonds is 4. The van der Waals surface area contributed by atoms with E-state index in [2.05, 4.69) is 23.3 Å². The SMILES string of the molecule is Cn1nccc1CCC1(CN)COc2ccccc2C1. The first kappa shape index (κ1) is 13.2. The lowest BCUT2D eigenvalue weighted by Gasteiger charge is -2.37. The second-order valence-electron chi connectivity index (χ2n) is 5.72. The van der Waals surface area contributed by atoms with Crippen LogP contribution in [0.5, 0.6) is 5.75 Å². The first-order valence-electron chi connectivity index (χ1n) is 7.10. The predicted octanol–water partition coefficient (Wildman–Crippen LogP) is 1.93. The Morgan fingerprint density at radius 1 is 1.35 bits per heavy atom. The summed E-state index contributed by atoms with van der Waals surface area (Å²) in [5.41, 5.74) is 8.63. The second-order valence-corrected chi connectivity index (χ2v) is 5.72. The number of ether oxygens (including phenoxy) is 1. The number of hydrogen-bond donors (Lipinski definition) is 1. The molecule has 4 heteroatoms. The highest BCUT2D eigenvalue weighted by atomic mass is 16.5. The Morgan fingerprint density at radius 2 is 2.20 bits per heavy atom. The minimum absolute atomic E-state index is 0.0403. The Balaban J connectivity index is 1.75. The quantitative estimate of drug-likeness (QED) is 0.924. The number of para-hydroxylation sites is 1. The van der Waals surface area contributed by atoms with Crippen LogP contribution in [0.25, 0.3) is 0 Å². The van der Waals surface area contributed by atoms with Gasteiger partial charge in [-0.15, -0.1) is 0 Å². The summed E-state index contributed by atoms with van der Waals surface area (Å²) in [4.78, 5) is 0. The topological polar surface area (TPSA) is 53.1 Å². The minimum atomic E-state index is 0.0403. The van der Waals surface area contributed by atoms with E-state index in [1.54, 1.807) is 0 Å². The zero-order chi connectivity index (χ0) is 14.0. The van der Waals surface area contributed by atoms with Crippen molar-refractivity contribution in [1.82, 2.24) is 9.78 Å². The standard InChI is InChI=1S/C16H21N3O/c1-19-14(7-9-18-19)6-8-16(11-17)10-13-4-2-3-5-15(13)20-12-16/h2-5,7,9H,6,8,10-12,17H2,1H3. The third-order valence-electron chi connectivity index (χ3n) is 4.34. The molecule has 2 heterocycles. The molecule has 0 saturated heterocycles. The third-order valence-corrected chi connectivity index (χ3v) is 4.34. The van der Waals surface area contributed by atoms with Gasteiger partial charge in [0.1, 0.15) is 5.75 Å². The number of benzene rings is 1. The van der Waals surface area contributed by atoms with Crippen LogP contribution in [0.15, 0.2) is 36.5 Å². The summed E-state index contributed by atoms with van der Waals surface area (Å²) >= 11 is 0. The molecule has 1 aromatic heterocycles. The summed E-state index contributed by atoms with van der Waals surface area (Å²) in [5.74, 6) is 1.01. The van der Waals surface area contributed by atoms with E-state index in [1.807, 2.05) is 30.1 Å². The highest BCUT2D eigenvalue weighted by Crippen LogP contribution is 2.36. The van der Waals surface area contributed by atoms with Gasteiger partial charge in [-0.1, -0.05) is 18.2 Å². The van der Waals surface area contributed by atoms with Crippen LogP contribution < -0.4 is 10.5 Å². The summed E-state index contributed by atoms with van der Waals surface area (Å²) in [5, 5.41) is 4.22. The van der Waals surface area contributed by atoms with E-state index >= 15 is 0 Å². The molecule has 2 aromatic rings. The van der Waals surface area contributed by atoms with Gasteiger partial charge in [0, 0.05) is 30.9 Å². The molecule has 0 spiro atoms. The smallest absolute Gasteiger partial charge is 0.122 e. The van der Waals surface area contributed by atoms with Crippen LogP contribution in [-0.4, -0.2) is 22.9 Å². The fourth-order valence-corrected chi connectivity index (χ4v) is 2.91. The molecule has 0 fully saturated rings. The van der Waals surface area contributed by atoms with E-state index in [9.17, 15) is 0 Å². The molecule has 106 valence electrons. The van der Waals surface area contributed by atoms with Crippen LogP contribution in [0.1, 0.15) is 17.7 Å². The maximum atomic E-state index is 6.07. The summed E-state index contributed by atoms with van der Waals surface area (Å²) < 4.78 is 7.86. The van der Waals surface area contributed by atoms with Crippen LogP contribution in [-0.2, 0) is 19.9 Å². The number of nitrogens with zero attached hydrogens (tertiary/aromatic N) is 2. The largest absolute Gasteiger partial charge is 0.493 e. The maximum Gasteiger partial charge on any atom is 0.122 e. The lowest BCUT2D eigenvalue weighted by molar-refractivity contribution is 0.117. The van der Waals surface area contributed by atoms with Crippen molar-refractivity contribution in [2.24, 2.45) is 18.2 Å². The van der Waals surface area contributed by atoms with Crippen LogP contribution in [0, 0.1) is 5.41 Å². The molecule has 1 aliphatic heterocycles. The molecule has 0 bridgehead atoms. The Hall–Kier alpha value is -1.81. The van der Waals surface area contributed by atoms with Crippen molar-refractivity contribution in [3.8, 4) is 5.75 Å². The molecule has 0 amide bonds. The summed E-state index contributed by atoms with van der Waals surface area (Å²) in [6, 6.07) is 10.3. The van der Waals surface area contributed by atoms with Crippen molar-refractivity contribution in [3.05, 3.63) is 47.8 Å². The zero-order valence-electron chi connectivity index (χ0n) is 11.9. The van der Waals surface area contributed by atoms with E-state index < -0.39 is 0 Å². The highest BCUT2D eigenvalue weighted by Gasteiger charge is 2.34. The van der Waals surface area contributed by atoms with Crippen LogP contribution in [0.4, 0.5) is 0 Å². The van der Waals surface area contributed by atoms with Crippen molar-refractivity contribution in [1.29, 1.82) is 0 Å². The molecule has 0 aliphatic carbocycles. The molecular weight excluding hydrogens is 250 g/mol. The molecule has 4 nitrogen and oxygen atoms in total. The molecule has 0 radical (unpaired) electrons. The minimum Gasteiger partial charge on any atom is -0.493 e. The average Bonchev–Trinajstić information content (AvgIpc) is 2.90. The van der Waals surface area contributed by atoms with Crippen LogP contribution in [0.3, 0.4) is 0 Å². The van der Waals surface area contributed by atoms with Gasteiger partial charge in [0.2, 0.25) is 0 Å². The van der Waals surface area contributed by atoms with Gasteiger partial charge < -0.3 is 10.5 Å². The Morgan fingerprint density at radius 3 is 2.95 bits per heavy atom. The molecule has 1 atom stereocenters. The van der Waals surface area contributed by atoms with Crippen LogP contribution >= 0.6 is 0 Å². The van der Waals surface area contributed by atoms with Crippen LogP contribution in [0.2, 0.25) is 0 Å². The average molecular weight is 271 g/mol. The van der Waals surface area contributed by atoms with Gasteiger partial charge in [0.05, 0.1) is 6.61 Å². The van der Waals surface area contributed by atoms with E-state index in [4.69, 9.17) is 10.5 Å². The summed E-state index contributed by atoms with van der Waals surface area (Å²) in [6.07, 6.45) is 4.85. The van der Waals surface area contributed by atoms with E-state index in [0.717, 1.165) is 25.0 Å². The summed E-state index contributed by atoms with van der Waals surface area (Å²) in [7, 11) is 1.98. The van der Waals surface area contributed by atoms with Gasteiger partial charge in [-0.05, 0) is 37.0 Å². The van der Waals surface area contributed by atoms with Gasteiger partial charge in [-0.25, -0.2) is 0 Å². The monoisotopic (exact) mass is 271 g/mol. The van der Waals surface area contributed by atoms with Gasteiger partial charge >= 0.3 is 0 Å². The fourth-order valence-electron chi connectivity index (χ4n) is 2.91. The number of fused-ring (bicyclic) bond motifs is 1. The molecule has 1 aliphatic rings. The highest BCUT2D eigenvalue weighted by molar-refractivity contribution is 5.36. The summed E-state index contributed by atoms with van der Waals surface area (Å²) in [6.45, 7) is 1.36. The number of aryl methyl sites for hydroxylation is 2. The molecule has 3 rings (SSSR count). The Labute approximate surface area is 119 Å². The zero-order valence-corrected chi connectivity index (χ0v) is 11.9. The van der Waals surface area contributed by atoms with Crippen molar-refractivity contribution >= 4 is 0 Å². The van der Waals surface area contributed by atoms with Gasteiger partial charge in [-0.3, -0.25) is 4.68 Å². The lowest BCUT2D eigenvalue weighted by atomic mass is 9.76. The first-order chi connectivity index (χ1) is 9.72. The normalized spacial score (nSPS) is 21.3. The van der Waals surface area contributed by atoms with Gasteiger partial charge in [0.25, 0.3) is 0 Å². The van der Waals surface area contributed by atoms with E-state index in [0.29, 0.717) is 13.2 Å². The predicted molar refractivity (Wildman–Crippen MR) is 78.7 cm³/mol. The van der Waals surface area contributed by atoms with Crippen molar-refractivity contribution in [2.45, 2.75) is 19.3 Å². The second kappa shape index (κ2) is 5.29. The van der Waals surface area contributed by atoms with Gasteiger partial charge in [0.15, 0.2) is 0 Å². The molecular formula is C16H21N3O. The van der Waals surface area contributed by atoms with Gasteiger partial charge in [-0.2, -0.15) is 5.10 Å². The Kier molecular flexibility index (Phi) is 3.49. The number of hydrogen-bond acceptors (Lipinski definition) is 3. The number of nitrogens with two attached hydrogens (primary N) is 1. The molecule has 1 aromatic carbocycles. The maximum absolute atomic E-state index is 6.07.